The highest BCUT2D eigenvalue weighted by Crippen LogP contribution is 2.17. The van der Waals surface area contributed by atoms with E-state index in [1.165, 1.54) is 5.56 Å². The fourth-order valence-electron chi connectivity index (χ4n) is 2.10. The van der Waals surface area contributed by atoms with Crippen LogP contribution < -0.4 is 5.32 Å². The number of hydrogen-bond donors (Lipinski definition) is 1. The molecule has 1 heterocycles. The Morgan fingerprint density at radius 3 is 2.74 bits per heavy atom. The van der Waals surface area contributed by atoms with Crippen LogP contribution >= 0.6 is 11.3 Å². The summed E-state index contributed by atoms with van der Waals surface area (Å²) in [6.07, 6.45) is 0.348. The first kappa shape index (κ1) is 13.7. The molecule has 100 valence electrons. The Morgan fingerprint density at radius 1 is 1.37 bits per heavy atom. The fourth-order valence-corrected chi connectivity index (χ4v) is 2.71. The predicted molar refractivity (Wildman–Crippen MR) is 78.3 cm³/mol. The summed E-state index contributed by atoms with van der Waals surface area (Å²) >= 11 is 1.57. The maximum Gasteiger partial charge on any atom is 0.226 e. The topological polar surface area (TPSA) is 42.0 Å². The van der Waals surface area contributed by atoms with Crippen molar-refractivity contribution in [3.63, 3.8) is 0 Å². The van der Waals surface area contributed by atoms with Crippen LogP contribution in [0.5, 0.6) is 0 Å². The molecule has 1 aromatic carbocycles. The maximum atomic E-state index is 12.0. The Kier molecular flexibility index (Phi) is 4.32. The quantitative estimate of drug-likeness (QED) is 0.930. The number of amides is 1. The number of benzene rings is 1. The van der Waals surface area contributed by atoms with Gasteiger partial charge < -0.3 is 5.32 Å². The van der Waals surface area contributed by atoms with Crippen LogP contribution in [-0.2, 0) is 11.2 Å². The first-order chi connectivity index (χ1) is 9.06. The lowest BCUT2D eigenvalue weighted by atomic mass is 10.0. The van der Waals surface area contributed by atoms with E-state index in [0.29, 0.717) is 6.42 Å². The van der Waals surface area contributed by atoms with Gasteiger partial charge in [-0.05, 0) is 31.9 Å². The summed E-state index contributed by atoms with van der Waals surface area (Å²) < 4.78 is 0. The van der Waals surface area contributed by atoms with Gasteiger partial charge in [0.25, 0.3) is 0 Å². The molecule has 0 bridgehead atoms. The molecule has 0 saturated heterocycles. The molecule has 1 amide bonds. The van der Waals surface area contributed by atoms with Gasteiger partial charge in [0, 0.05) is 5.38 Å². The van der Waals surface area contributed by atoms with Crippen molar-refractivity contribution in [2.45, 2.75) is 33.2 Å². The van der Waals surface area contributed by atoms with E-state index in [2.05, 4.69) is 23.3 Å². The van der Waals surface area contributed by atoms with Gasteiger partial charge >= 0.3 is 0 Å². The van der Waals surface area contributed by atoms with Crippen molar-refractivity contribution in [2.75, 3.05) is 0 Å². The minimum Gasteiger partial charge on any atom is -0.349 e. The van der Waals surface area contributed by atoms with Crippen LogP contribution in [0.1, 0.15) is 34.8 Å². The number of aromatic nitrogens is 1. The molecule has 0 saturated carbocycles. The lowest BCUT2D eigenvalue weighted by molar-refractivity contribution is -0.121. The van der Waals surface area contributed by atoms with Crippen molar-refractivity contribution in [3.05, 3.63) is 51.5 Å². The van der Waals surface area contributed by atoms with Crippen LogP contribution in [0.15, 0.2) is 29.6 Å². The monoisotopic (exact) mass is 274 g/mol. The molecule has 0 radical (unpaired) electrons. The molecule has 19 heavy (non-hydrogen) atoms. The number of carbonyl (C=O) groups excluding carboxylic acids is 1. The van der Waals surface area contributed by atoms with Crippen molar-refractivity contribution >= 4 is 17.2 Å². The summed E-state index contributed by atoms with van der Waals surface area (Å²) in [4.78, 5) is 16.3. The minimum atomic E-state index is 0.0149. The number of nitrogens with zero attached hydrogens (tertiary/aromatic N) is 1. The van der Waals surface area contributed by atoms with Gasteiger partial charge in [-0.3, -0.25) is 4.79 Å². The van der Waals surface area contributed by atoms with Gasteiger partial charge in [-0.25, -0.2) is 4.98 Å². The summed E-state index contributed by atoms with van der Waals surface area (Å²) in [5.74, 6) is 0.0149. The van der Waals surface area contributed by atoms with Crippen molar-refractivity contribution < 1.29 is 4.79 Å². The lowest BCUT2D eigenvalue weighted by Crippen LogP contribution is -2.28. The van der Waals surface area contributed by atoms with Gasteiger partial charge in [0.05, 0.1) is 23.2 Å². The molecule has 3 nitrogen and oxygen atoms in total. The Bertz CT molecular complexity index is 577. The van der Waals surface area contributed by atoms with E-state index in [1.54, 1.807) is 11.3 Å². The van der Waals surface area contributed by atoms with Crippen LogP contribution in [0.25, 0.3) is 0 Å². The van der Waals surface area contributed by atoms with Crippen molar-refractivity contribution in [1.82, 2.24) is 10.3 Å². The Morgan fingerprint density at radius 2 is 2.11 bits per heavy atom. The van der Waals surface area contributed by atoms with Crippen LogP contribution in [0.2, 0.25) is 0 Å². The summed E-state index contributed by atoms with van der Waals surface area (Å²) in [6, 6.07) is 8.13. The first-order valence-electron chi connectivity index (χ1n) is 6.32. The van der Waals surface area contributed by atoms with E-state index in [0.717, 1.165) is 16.3 Å². The molecule has 1 aromatic heterocycles. The Balaban J connectivity index is 1.97. The lowest BCUT2D eigenvalue weighted by Gasteiger charge is -2.16. The molecular formula is C15H18N2OS. The van der Waals surface area contributed by atoms with Crippen LogP contribution in [0.4, 0.5) is 0 Å². The highest BCUT2D eigenvalue weighted by Gasteiger charge is 2.12. The molecule has 1 unspecified atom stereocenters. The molecular weight excluding hydrogens is 256 g/mol. The zero-order valence-corrected chi connectivity index (χ0v) is 12.3. The van der Waals surface area contributed by atoms with Gasteiger partial charge in [0.2, 0.25) is 5.91 Å². The second-order valence-electron chi connectivity index (χ2n) is 4.68. The summed E-state index contributed by atoms with van der Waals surface area (Å²) in [5, 5.41) is 5.95. The van der Waals surface area contributed by atoms with E-state index < -0.39 is 0 Å². The van der Waals surface area contributed by atoms with E-state index in [9.17, 15) is 4.79 Å². The standard InChI is InChI=1S/C15H18N2OS/c1-10-6-4-5-7-14(10)11(2)16-15(18)8-13-9-19-12(3)17-13/h4-7,9,11H,8H2,1-3H3,(H,16,18). The van der Waals surface area contributed by atoms with Gasteiger partial charge in [-0.15, -0.1) is 11.3 Å². The zero-order chi connectivity index (χ0) is 13.8. The number of thiazole rings is 1. The molecule has 0 aliphatic carbocycles. The molecule has 2 aromatic rings. The van der Waals surface area contributed by atoms with Crippen molar-refractivity contribution in [1.29, 1.82) is 0 Å². The van der Waals surface area contributed by atoms with Gasteiger partial charge in [-0.2, -0.15) is 0 Å². The summed E-state index contributed by atoms with van der Waals surface area (Å²) in [6.45, 7) is 6.01. The van der Waals surface area contributed by atoms with Crippen molar-refractivity contribution in [3.8, 4) is 0 Å². The second-order valence-corrected chi connectivity index (χ2v) is 5.74. The molecule has 1 N–H and O–H groups in total. The number of rotatable bonds is 4. The van der Waals surface area contributed by atoms with E-state index in [1.807, 2.05) is 37.4 Å². The number of carbonyl (C=O) groups is 1. The zero-order valence-electron chi connectivity index (χ0n) is 11.4. The fraction of sp³-hybridized carbons (Fsp3) is 0.333. The number of aryl methyl sites for hydroxylation is 2. The molecule has 2 rings (SSSR count). The van der Waals surface area contributed by atoms with Crippen molar-refractivity contribution in [2.24, 2.45) is 0 Å². The maximum absolute atomic E-state index is 12.0. The third kappa shape index (κ3) is 3.64. The van der Waals surface area contributed by atoms with Gasteiger partial charge in [0.15, 0.2) is 0 Å². The highest BCUT2D eigenvalue weighted by molar-refractivity contribution is 7.09. The SMILES string of the molecule is Cc1nc(CC(=O)NC(C)c2ccccc2C)cs1. The molecule has 0 spiro atoms. The van der Waals surface area contributed by atoms with Gasteiger partial charge in [-0.1, -0.05) is 24.3 Å². The number of hydrogen-bond acceptors (Lipinski definition) is 3. The van der Waals surface area contributed by atoms with Crippen LogP contribution in [0.3, 0.4) is 0 Å². The number of nitrogens with one attached hydrogen (secondary N) is 1. The van der Waals surface area contributed by atoms with Crippen LogP contribution in [-0.4, -0.2) is 10.9 Å². The minimum absolute atomic E-state index is 0.0149. The highest BCUT2D eigenvalue weighted by atomic mass is 32.1. The third-order valence-electron chi connectivity index (χ3n) is 3.04. The Labute approximate surface area is 117 Å². The second kappa shape index (κ2) is 5.97. The molecule has 1 atom stereocenters. The summed E-state index contributed by atoms with van der Waals surface area (Å²) in [7, 11) is 0. The average Bonchev–Trinajstić information content (AvgIpc) is 2.74. The predicted octanol–water partition coefficient (Wildman–Crippen LogP) is 3.18. The van der Waals surface area contributed by atoms with E-state index >= 15 is 0 Å². The van der Waals surface area contributed by atoms with E-state index in [4.69, 9.17) is 0 Å². The Hall–Kier alpha value is -1.68. The molecule has 0 aliphatic rings. The van der Waals surface area contributed by atoms with Crippen LogP contribution in [0, 0.1) is 13.8 Å². The first-order valence-corrected chi connectivity index (χ1v) is 7.20. The molecule has 0 fully saturated rings. The average molecular weight is 274 g/mol. The van der Waals surface area contributed by atoms with Gasteiger partial charge in [0.1, 0.15) is 0 Å². The van der Waals surface area contributed by atoms with E-state index in [-0.39, 0.29) is 11.9 Å². The largest absolute Gasteiger partial charge is 0.349 e. The molecule has 4 heteroatoms. The third-order valence-corrected chi connectivity index (χ3v) is 3.86. The normalized spacial score (nSPS) is 12.2. The summed E-state index contributed by atoms with van der Waals surface area (Å²) in [5.41, 5.74) is 3.20. The smallest absolute Gasteiger partial charge is 0.226 e. The molecule has 0 aliphatic heterocycles.